The molecule has 0 spiro atoms. The van der Waals surface area contributed by atoms with Crippen LogP contribution in [0.1, 0.15) is 13.3 Å². The normalized spacial score (nSPS) is 9.11. The Kier molecular flexibility index (Phi) is 5.84. The number of allylic oxidation sites excluding steroid dienone is 1. The second kappa shape index (κ2) is 5.95. The number of hydrogen-bond acceptors (Lipinski definition) is 2. The number of hydrogen-bond donors (Lipinski definition) is 0. The summed E-state index contributed by atoms with van der Waals surface area (Å²) in [4.78, 5) is 0. The molecule has 0 saturated carbocycles. The molecule has 1 nitrogen and oxygen atoms in total. The molecule has 0 saturated heterocycles. The van der Waals surface area contributed by atoms with E-state index in [9.17, 15) is 0 Å². The Bertz CT molecular complexity index is 112. The number of rotatable bonds is 4. The minimum absolute atomic E-state index is 0.903. The maximum atomic E-state index is 4.88. The molecule has 0 unspecified atom stereocenters. The zero-order chi connectivity index (χ0) is 7.11. The van der Waals surface area contributed by atoms with E-state index >= 15 is 0 Å². The van der Waals surface area contributed by atoms with E-state index in [2.05, 4.69) is 6.58 Å². The zero-order valence-corrected chi connectivity index (χ0v) is 6.70. The van der Waals surface area contributed by atoms with E-state index in [1.54, 1.807) is 7.12 Å². The van der Waals surface area contributed by atoms with Crippen molar-refractivity contribution in [3.63, 3.8) is 0 Å². The first-order chi connectivity index (χ1) is 4.27. The maximum absolute atomic E-state index is 4.88. The van der Waals surface area contributed by atoms with Gasteiger partial charge in [-0.25, -0.2) is 0 Å². The third-order valence-corrected chi connectivity index (χ3v) is 1.02. The van der Waals surface area contributed by atoms with Gasteiger partial charge in [0.15, 0.2) is 0 Å². The van der Waals surface area contributed by atoms with Gasteiger partial charge in [0.05, 0.1) is 0 Å². The molecule has 3 heteroatoms. The molecule has 0 aliphatic carbocycles. The van der Waals surface area contributed by atoms with E-state index in [1.807, 2.05) is 19.1 Å². The first kappa shape index (κ1) is 8.82. The molecule has 0 radical (unpaired) electrons. The van der Waals surface area contributed by atoms with Crippen molar-refractivity contribution in [1.82, 2.24) is 0 Å². The van der Waals surface area contributed by atoms with Crippen LogP contribution in [0.2, 0.25) is 0 Å². The second-order valence-electron chi connectivity index (χ2n) is 1.80. The monoisotopic (exact) mass is 142 g/mol. The first-order valence-corrected chi connectivity index (χ1v) is 3.91. The fourth-order valence-corrected chi connectivity index (χ4v) is 0.534. The third-order valence-electron chi connectivity index (χ3n) is 0.714. The Morgan fingerprint density at radius 3 is 3.00 bits per heavy atom. The summed E-state index contributed by atoms with van der Waals surface area (Å²) in [7, 11) is 1.68. The summed E-state index contributed by atoms with van der Waals surface area (Å²) < 4.78 is 4.88. The van der Waals surface area contributed by atoms with Crippen LogP contribution >= 0.6 is 12.0 Å². The van der Waals surface area contributed by atoms with Crippen LogP contribution in [-0.4, -0.2) is 19.3 Å². The van der Waals surface area contributed by atoms with E-state index in [-0.39, 0.29) is 0 Å². The molecule has 0 atom stereocenters. The SMILES string of the molecule is C=C(C)CC=BOSC. The molecule has 0 N–H and O–H groups in total. The quantitative estimate of drug-likeness (QED) is 0.335. The molecule has 0 aromatic carbocycles. The average Bonchev–Trinajstić information content (AvgIpc) is 1.80. The second-order valence-corrected chi connectivity index (χ2v) is 2.32. The van der Waals surface area contributed by atoms with Gasteiger partial charge in [-0.1, -0.05) is 0 Å². The summed E-state index contributed by atoms with van der Waals surface area (Å²) >= 11 is 1.34. The fourth-order valence-electron chi connectivity index (χ4n) is 0.344. The van der Waals surface area contributed by atoms with E-state index in [4.69, 9.17) is 4.10 Å². The van der Waals surface area contributed by atoms with Crippen LogP contribution < -0.4 is 0 Å². The van der Waals surface area contributed by atoms with Crippen molar-refractivity contribution >= 4 is 25.1 Å². The molecule has 0 bridgehead atoms. The molecule has 0 heterocycles. The Labute approximate surface area is 61.6 Å². The van der Waals surface area contributed by atoms with Crippen molar-refractivity contribution in [2.75, 3.05) is 6.26 Å². The molecule has 0 aliphatic heterocycles. The Hall–Kier alpha value is -0.175. The van der Waals surface area contributed by atoms with E-state index in [0.717, 1.165) is 12.0 Å². The summed E-state index contributed by atoms with van der Waals surface area (Å²) in [5, 5.41) is 0. The average molecular weight is 142 g/mol. The van der Waals surface area contributed by atoms with Crippen LogP contribution in [0.25, 0.3) is 0 Å². The van der Waals surface area contributed by atoms with Crippen LogP contribution in [0.15, 0.2) is 12.2 Å². The van der Waals surface area contributed by atoms with Gasteiger partial charge in [-0.2, -0.15) is 0 Å². The summed E-state index contributed by atoms with van der Waals surface area (Å²) in [6.07, 6.45) is 2.78. The van der Waals surface area contributed by atoms with Gasteiger partial charge in [0, 0.05) is 0 Å². The van der Waals surface area contributed by atoms with Gasteiger partial charge < -0.3 is 0 Å². The van der Waals surface area contributed by atoms with Crippen LogP contribution in [0.5, 0.6) is 0 Å². The summed E-state index contributed by atoms with van der Waals surface area (Å²) in [5.74, 6) is 1.94. The van der Waals surface area contributed by atoms with Crippen molar-refractivity contribution in [3.05, 3.63) is 12.2 Å². The molecule has 0 aliphatic rings. The summed E-state index contributed by atoms with van der Waals surface area (Å²) in [6.45, 7) is 5.73. The Balaban J connectivity index is 3.14. The van der Waals surface area contributed by atoms with Crippen LogP contribution in [0.4, 0.5) is 0 Å². The van der Waals surface area contributed by atoms with Crippen LogP contribution in [-0.2, 0) is 4.10 Å². The predicted molar refractivity (Wildman–Crippen MR) is 45.8 cm³/mol. The topological polar surface area (TPSA) is 9.23 Å². The Morgan fingerprint density at radius 2 is 2.56 bits per heavy atom. The van der Waals surface area contributed by atoms with Gasteiger partial charge in [0.25, 0.3) is 0 Å². The summed E-state index contributed by atoms with van der Waals surface area (Å²) in [6, 6.07) is 0. The molecule has 0 amide bonds. The van der Waals surface area contributed by atoms with Crippen molar-refractivity contribution < 1.29 is 4.10 Å². The van der Waals surface area contributed by atoms with Gasteiger partial charge in [-0.15, -0.1) is 0 Å². The standard InChI is InChI=1S/C6H11BOS/c1-6(2)4-5-7-8-9-3/h5H,1,4H2,2-3H3. The fraction of sp³-hybridized carbons (Fsp3) is 0.500. The van der Waals surface area contributed by atoms with Crippen LogP contribution in [0.3, 0.4) is 0 Å². The van der Waals surface area contributed by atoms with Gasteiger partial charge in [-0.3, -0.25) is 0 Å². The third kappa shape index (κ3) is 7.82. The molecule has 0 rings (SSSR count). The minimum atomic E-state index is 0.903. The van der Waals surface area contributed by atoms with Crippen molar-refractivity contribution in [3.8, 4) is 0 Å². The molecular weight excluding hydrogens is 131 g/mol. The molecule has 0 fully saturated rings. The zero-order valence-electron chi connectivity index (χ0n) is 5.89. The molecule has 50 valence electrons. The van der Waals surface area contributed by atoms with E-state index in [0.29, 0.717) is 0 Å². The van der Waals surface area contributed by atoms with Crippen molar-refractivity contribution in [2.24, 2.45) is 0 Å². The van der Waals surface area contributed by atoms with Gasteiger partial charge in [0.1, 0.15) is 0 Å². The van der Waals surface area contributed by atoms with Gasteiger partial charge >= 0.3 is 61.0 Å². The first-order valence-electron chi connectivity index (χ1n) is 2.76. The van der Waals surface area contributed by atoms with Crippen LogP contribution in [0, 0.1) is 0 Å². The molecule has 0 aromatic rings. The molecular formula is C6H11BOS. The van der Waals surface area contributed by atoms with Gasteiger partial charge in [-0.05, 0) is 0 Å². The molecule has 9 heavy (non-hydrogen) atoms. The summed E-state index contributed by atoms with van der Waals surface area (Å²) in [5.41, 5.74) is 1.15. The van der Waals surface area contributed by atoms with Crippen molar-refractivity contribution in [1.29, 1.82) is 0 Å². The predicted octanol–water partition coefficient (Wildman–Crippen LogP) is 1.67. The molecule has 0 aromatic heterocycles. The Morgan fingerprint density at radius 1 is 1.89 bits per heavy atom. The van der Waals surface area contributed by atoms with E-state index in [1.165, 1.54) is 12.0 Å². The van der Waals surface area contributed by atoms with E-state index < -0.39 is 0 Å². The van der Waals surface area contributed by atoms with Gasteiger partial charge in [0.2, 0.25) is 0 Å². The van der Waals surface area contributed by atoms with Crippen molar-refractivity contribution in [2.45, 2.75) is 13.3 Å².